The molecule has 1 rings (SSSR count). The second-order valence-electron chi connectivity index (χ2n) is 3.61. The second-order valence-corrected chi connectivity index (χ2v) is 4.35. The molecule has 0 N–H and O–H groups in total. The van der Waals surface area contributed by atoms with Crippen molar-refractivity contribution in [3.63, 3.8) is 0 Å². The SMILES string of the molecule is CCC(C)(C)c1cc(Cl)nnc1Cl. The van der Waals surface area contributed by atoms with Crippen molar-refractivity contribution in [2.24, 2.45) is 0 Å². The lowest BCUT2D eigenvalue weighted by Crippen LogP contribution is -2.17. The van der Waals surface area contributed by atoms with Gasteiger partial charge in [0.25, 0.3) is 0 Å². The first kappa shape index (κ1) is 10.7. The highest BCUT2D eigenvalue weighted by Gasteiger charge is 2.22. The molecule has 1 aromatic heterocycles. The number of hydrogen-bond donors (Lipinski definition) is 0. The van der Waals surface area contributed by atoms with E-state index in [4.69, 9.17) is 23.2 Å². The molecule has 13 heavy (non-hydrogen) atoms. The highest BCUT2D eigenvalue weighted by Crippen LogP contribution is 2.31. The molecule has 0 aliphatic rings. The standard InChI is InChI=1S/C9H12Cl2N2/c1-4-9(2,3)6-5-7(10)12-13-8(6)11/h5H,4H2,1-3H3. The van der Waals surface area contributed by atoms with Crippen molar-refractivity contribution in [1.82, 2.24) is 10.2 Å². The Bertz CT molecular complexity index is 310. The van der Waals surface area contributed by atoms with Crippen LogP contribution in [0, 0.1) is 0 Å². The summed E-state index contributed by atoms with van der Waals surface area (Å²) in [7, 11) is 0. The van der Waals surface area contributed by atoms with E-state index in [-0.39, 0.29) is 5.41 Å². The molecule has 0 spiro atoms. The molecule has 0 aliphatic heterocycles. The minimum Gasteiger partial charge on any atom is -0.137 e. The van der Waals surface area contributed by atoms with Crippen molar-refractivity contribution in [2.45, 2.75) is 32.6 Å². The minimum atomic E-state index is -0.00331. The molecule has 0 aliphatic carbocycles. The maximum atomic E-state index is 5.93. The van der Waals surface area contributed by atoms with E-state index in [0.717, 1.165) is 12.0 Å². The van der Waals surface area contributed by atoms with Gasteiger partial charge < -0.3 is 0 Å². The summed E-state index contributed by atoms with van der Waals surface area (Å²) >= 11 is 11.7. The maximum absolute atomic E-state index is 5.93. The summed E-state index contributed by atoms with van der Waals surface area (Å²) in [6.45, 7) is 6.31. The predicted octanol–water partition coefficient (Wildman–Crippen LogP) is 3.47. The first-order chi connectivity index (χ1) is 5.97. The Labute approximate surface area is 88.3 Å². The molecule has 0 aromatic carbocycles. The smallest absolute Gasteiger partial charge is 0.137 e. The van der Waals surface area contributed by atoms with Gasteiger partial charge in [-0.2, -0.15) is 0 Å². The van der Waals surface area contributed by atoms with Crippen LogP contribution in [0.25, 0.3) is 0 Å². The van der Waals surface area contributed by atoms with Crippen molar-refractivity contribution >= 4 is 23.2 Å². The predicted molar refractivity (Wildman–Crippen MR) is 55.4 cm³/mol. The fraction of sp³-hybridized carbons (Fsp3) is 0.556. The molecule has 1 aromatic rings. The van der Waals surface area contributed by atoms with Crippen LogP contribution in [0.5, 0.6) is 0 Å². The van der Waals surface area contributed by atoms with E-state index in [1.807, 2.05) is 0 Å². The summed E-state index contributed by atoms with van der Waals surface area (Å²) in [5.41, 5.74) is 0.952. The summed E-state index contributed by atoms with van der Waals surface area (Å²) in [5.74, 6) is 0. The number of rotatable bonds is 2. The molecule has 0 saturated carbocycles. The van der Waals surface area contributed by atoms with Gasteiger partial charge in [0.05, 0.1) is 0 Å². The summed E-state index contributed by atoms with van der Waals surface area (Å²) in [5, 5.41) is 8.28. The second kappa shape index (κ2) is 3.81. The normalized spacial score (nSPS) is 11.8. The number of hydrogen-bond acceptors (Lipinski definition) is 2. The van der Waals surface area contributed by atoms with Gasteiger partial charge in [-0.05, 0) is 17.9 Å². The van der Waals surface area contributed by atoms with E-state index < -0.39 is 0 Å². The third-order valence-electron chi connectivity index (χ3n) is 2.33. The van der Waals surface area contributed by atoms with Crippen LogP contribution in [0.15, 0.2) is 6.07 Å². The van der Waals surface area contributed by atoms with Crippen LogP contribution >= 0.6 is 23.2 Å². The quantitative estimate of drug-likeness (QED) is 0.760. The van der Waals surface area contributed by atoms with Crippen LogP contribution < -0.4 is 0 Å². The van der Waals surface area contributed by atoms with E-state index in [2.05, 4.69) is 31.0 Å². The van der Waals surface area contributed by atoms with Gasteiger partial charge in [-0.15, -0.1) is 10.2 Å². The molecule has 0 amide bonds. The van der Waals surface area contributed by atoms with E-state index in [1.54, 1.807) is 6.07 Å². The Kier molecular flexibility index (Phi) is 3.14. The van der Waals surface area contributed by atoms with E-state index in [0.29, 0.717) is 10.3 Å². The highest BCUT2D eigenvalue weighted by atomic mass is 35.5. The van der Waals surface area contributed by atoms with Gasteiger partial charge in [-0.25, -0.2) is 0 Å². The van der Waals surface area contributed by atoms with Gasteiger partial charge >= 0.3 is 0 Å². The Morgan fingerprint density at radius 2 is 1.92 bits per heavy atom. The van der Waals surface area contributed by atoms with Crippen LogP contribution in [-0.4, -0.2) is 10.2 Å². The molecule has 0 unspecified atom stereocenters. The van der Waals surface area contributed by atoms with Gasteiger partial charge in [0, 0.05) is 5.56 Å². The van der Waals surface area contributed by atoms with Crippen LogP contribution in [0.1, 0.15) is 32.8 Å². The van der Waals surface area contributed by atoms with Crippen LogP contribution in [0.3, 0.4) is 0 Å². The summed E-state index contributed by atoms with van der Waals surface area (Å²) < 4.78 is 0. The Hall–Kier alpha value is -0.340. The lowest BCUT2D eigenvalue weighted by Gasteiger charge is -2.23. The molecule has 2 nitrogen and oxygen atoms in total. The van der Waals surface area contributed by atoms with Crippen molar-refractivity contribution in [2.75, 3.05) is 0 Å². The maximum Gasteiger partial charge on any atom is 0.155 e. The summed E-state index contributed by atoms with van der Waals surface area (Å²) in [6.07, 6.45) is 0.981. The molecule has 0 saturated heterocycles. The zero-order chi connectivity index (χ0) is 10.1. The molecule has 1 heterocycles. The van der Waals surface area contributed by atoms with Gasteiger partial charge in [0.2, 0.25) is 0 Å². The van der Waals surface area contributed by atoms with E-state index >= 15 is 0 Å². The minimum absolute atomic E-state index is 0.00331. The average molecular weight is 219 g/mol. The van der Waals surface area contributed by atoms with Crippen molar-refractivity contribution in [3.05, 3.63) is 21.9 Å². The highest BCUT2D eigenvalue weighted by molar-refractivity contribution is 6.31. The third-order valence-corrected chi connectivity index (χ3v) is 2.80. The molecule has 4 heteroatoms. The Morgan fingerprint density at radius 1 is 1.31 bits per heavy atom. The monoisotopic (exact) mass is 218 g/mol. The van der Waals surface area contributed by atoms with Crippen molar-refractivity contribution < 1.29 is 0 Å². The van der Waals surface area contributed by atoms with Gasteiger partial charge in [0.1, 0.15) is 0 Å². The van der Waals surface area contributed by atoms with Crippen molar-refractivity contribution in [1.29, 1.82) is 0 Å². The number of halogens is 2. The topological polar surface area (TPSA) is 25.8 Å². The van der Waals surface area contributed by atoms with E-state index in [9.17, 15) is 0 Å². The third kappa shape index (κ3) is 2.32. The molecule has 0 bridgehead atoms. The number of aromatic nitrogens is 2. The van der Waals surface area contributed by atoms with E-state index in [1.165, 1.54) is 0 Å². The van der Waals surface area contributed by atoms with Crippen LogP contribution in [0.4, 0.5) is 0 Å². The fourth-order valence-electron chi connectivity index (χ4n) is 1.02. The molecular formula is C9H12Cl2N2. The van der Waals surface area contributed by atoms with Crippen LogP contribution in [0.2, 0.25) is 10.3 Å². The zero-order valence-electron chi connectivity index (χ0n) is 7.93. The molecule has 0 radical (unpaired) electrons. The Balaban J connectivity index is 3.20. The molecule has 0 atom stereocenters. The Morgan fingerprint density at radius 3 is 2.46 bits per heavy atom. The summed E-state index contributed by atoms with van der Waals surface area (Å²) in [4.78, 5) is 0. The first-order valence-corrected chi connectivity index (χ1v) is 4.92. The largest absolute Gasteiger partial charge is 0.155 e. The summed E-state index contributed by atoms with van der Waals surface area (Å²) in [6, 6.07) is 1.78. The fourth-order valence-corrected chi connectivity index (χ4v) is 1.51. The first-order valence-electron chi connectivity index (χ1n) is 4.16. The zero-order valence-corrected chi connectivity index (χ0v) is 9.45. The van der Waals surface area contributed by atoms with Crippen molar-refractivity contribution in [3.8, 4) is 0 Å². The lowest BCUT2D eigenvalue weighted by atomic mass is 9.83. The molecule has 72 valence electrons. The van der Waals surface area contributed by atoms with Gasteiger partial charge in [0.15, 0.2) is 10.3 Å². The molecular weight excluding hydrogens is 207 g/mol. The van der Waals surface area contributed by atoms with Crippen LogP contribution in [-0.2, 0) is 5.41 Å². The number of nitrogens with zero attached hydrogens (tertiary/aromatic N) is 2. The molecule has 0 fully saturated rings. The van der Waals surface area contributed by atoms with Gasteiger partial charge in [-0.1, -0.05) is 44.0 Å². The van der Waals surface area contributed by atoms with Gasteiger partial charge in [-0.3, -0.25) is 0 Å². The average Bonchev–Trinajstić information content (AvgIpc) is 2.09. The lowest BCUT2D eigenvalue weighted by molar-refractivity contribution is 0.503.